The number of hydrogen-bond donors (Lipinski definition) is 2. The third-order valence-corrected chi connectivity index (χ3v) is 5.05. The van der Waals surface area contributed by atoms with E-state index in [9.17, 15) is 9.50 Å². The van der Waals surface area contributed by atoms with Gasteiger partial charge in [-0.25, -0.2) is 4.39 Å². The van der Waals surface area contributed by atoms with Crippen molar-refractivity contribution in [2.45, 2.75) is 31.5 Å². The number of rotatable bonds is 4. The summed E-state index contributed by atoms with van der Waals surface area (Å²) in [5.41, 5.74) is 0.479. The molecule has 2 aromatic carbocycles. The molecule has 1 aliphatic heterocycles. The van der Waals surface area contributed by atoms with E-state index in [2.05, 4.69) is 5.32 Å². The van der Waals surface area contributed by atoms with Gasteiger partial charge in [-0.1, -0.05) is 36.4 Å². The zero-order valence-electron chi connectivity index (χ0n) is 14.2. The van der Waals surface area contributed by atoms with E-state index < -0.39 is 11.2 Å². The van der Waals surface area contributed by atoms with E-state index >= 15 is 0 Å². The van der Waals surface area contributed by atoms with Crippen molar-refractivity contribution in [3.8, 4) is 0 Å². The van der Waals surface area contributed by atoms with Crippen LogP contribution >= 0.6 is 0 Å². The van der Waals surface area contributed by atoms with Crippen LogP contribution in [0.4, 0.5) is 4.39 Å². The van der Waals surface area contributed by atoms with Gasteiger partial charge in [-0.3, -0.25) is 0 Å². The summed E-state index contributed by atoms with van der Waals surface area (Å²) in [6.07, 6.45) is 0.362. The fourth-order valence-electron chi connectivity index (χ4n) is 3.42. The SMILES string of the molecule is Cc1ccccc1C[C@](O)(c1cccc(F)c1)[C@]1(C)CNCCO1. The quantitative estimate of drug-likeness (QED) is 0.906. The van der Waals surface area contributed by atoms with E-state index in [1.807, 2.05) is 38.1 Å². The summed E-state index contributed by atoms with van der Waals surface area (Å²) in [6.45, 7) is 5.68. The minimum absolute atomic E-state index is 0.358. The number of aryl methyl sites for hydroxylation is 1. The van der Waals surface area contributed by atoms with E-state index in [1.54, 1.807) is 12.1 Å². The Bertz CT molecular complexity index is 712. The van der Waals surface area contributed by atoms with Crippen LogP contribution in [-0.4, -0.2) is 30.4 Å². The third kappa shape index (κ3) is 3.09. The average molecular weight is 329 g/mol. The Morgan fingerprint density at radius 3 is 2.71 bits per heavy atom. The number of ether oxygens (including phenoxy) is 1. The zero-order chi connectivity index (χ0) is 17.2. The Balaban J connectivity index is 2.08. The van der Waals surface area contributed by atoms with Crippen LogP contribution in [-0.2, 0) is 16.8 Å². The topological polar surface area (TPSA) is 41.5 Å². The molecule has 1 saturated heterocycles. The van der Waals surface area contributed by atoms with E-state index in [1.165, 1.54) is 12.1 Å². The highest BCUT2D eigenvalue weighted by molar-refractivity contribution is 5.34. The maximum Gasteiger partial charge on any atom is 0.124 e. The highest BCUT2D eigenvalue weighted by atomic mass is 19.1. The molecule has 0 aromatic heterocycles. The van der Waals surface area contributed by atoms with Gasteiger partial charge in [0.15, 0.2) is 0 Å². The lowest BCUT2D eigenvalue weighted by atomic mass is 9.73. The molecule has 0 bridgehead atoms. The number of benzene rings is 2. The molecule has 128 valence electrons. The van der Waals surface area contributed by atoms with E-state index in [0.29, 0.717) is 25.1 Å². The number of aliphatic hydroxyl groups is 1. The molecule has 0 spiro atoms. The Hall–Kier alpha value is -1.75. The van der Waals surface area contributed by atoms with Crippen molar-refractivity contribution in [2.75, 3.05) is 19.7 Å². The second-order valence-corrected chi connectivity index (χ2v) is 6.73. The van der Waals surface area contributed by atoms with Crippen molar-refractivity contribution in [2.24, 2.45) is 0 Å². The molecule has 1 fully saturated rings. The normalized spacial score (nSPS) is 23.7. The van der Waals surface area contributed by atoms with Gasteiger partial charge in [0.2, 0.25) is 0 Å². The van der Waals surface area contributed by atoms with Crippen LogP contribution in [0, 0.1) is 12.7 Å². The van der Waals surface area contributed by atoms with Gasteiger partial charge in [0.25, 0.3) is 0 Å². The molecule has 0 saturated carbocycles. The summed E-state index contributed by atoms with van der Waals surface area (Å²) in [7, 11) is 0. The maximum absolute atomic E-state index is 13.8. The first-order valence-corrected chi connectivity index (χ1v) is 8.32. The minimum atomic E-state index is -1.34. The van der Waals surface area contributed by atoms with Gasteiger partial charge in [-0.15, -0.1) is 0 Å². The van der Waals surface area contributed by atoms with Crippen molar-refractivity contribution >= 4 is 0 Å². The highest BCUT2D eigenvalue weighted by Crippen LogP contribution is 2.40. The Labute approximate surface area is 142 Å². The molecule has 0 amide bonds. The van der Waals surface area contributed by atoms with Crippen molar-refractivity contribution in [3.63, 3.8) is 0 Å². The predicted molar refractivity (Wildman–Crippen MR) is 92.4 cm³/mol. The van der Waals surface area contributed by atoms with E-state index in [0.717, 1.165) is 17.7 Å². The fourth-order valence-corrected chi connectivity index (χ4v) is 3.42. The third-order valence-electron chi connectivity index (χ3n) is 5.05. The number of halogens is 1. The highest BCUT2D eigenvalue weighted by Gasteiger charge is 2.50. The monoisotopic (exact) mass is 329 g/mol. The van der Waals surface area contributed by atoms with Crippen LogP contribution in [0.15, 0.2) is 48.5 Å². The van der Waals surface area contributed by atoms with Crippen LogP contribution in [0.2, 0.25) is 0 Å². The predicted octanol–water partition coefficient (Wildman–Crippen LogP) is 2.94. The van der Waals surface area contributed by atoms with Crippen LogP contribution in [0.3, 0.4) is 0 Å². The van der Waals surface area contributed by atoms with Gasteiger partial charge < -0.3 is 15.2 Å². The molecule has 3 rings (SSSR count). The first-order valence-electron chi connectivity index (χ1n) is 8.32. The molecule has 1 aliphatic rings. The standard InChI is InChI=1S/C20H24FNO2/c1-15-6-3-4-7-16(15)13-20(23,17-8-5-9-18(21)12-17)19(2)14-22-10-11-24-19/h3-9,12,22-23H,10-11,13-14H2,1-2H3/t19-,20-/m0/s1. The summed E-state index contributed by atoms with van der Waals surface area (Å²) < 4.78 is 19.8. The second kappa shape index (κ2) is 6.63. The molecule has 0 unspecified atom stereocenters. The molecule has 3 nitrogen and oxygen atoms in total. The summed E-state index contributed by atoms with van der Waals surface area (Å²) in [6, 6.07) is 14.1. The molecule has 2 atom stereocenters. The molecular formula is C20H24FNO2. The molecule has 2 N–H and O–H groups in total. The molecular weight excluding hydrogens is 305 g/mol. The largest absolute Gasteiger partial charge is 0.382 e. The van der Waals surface area contributed by atoms with Crippen LogP contribution < -0.4 is 5.32 Å². The summed E-state index contributed by atoms with van der Waals surface area (Å²) in [4.78, 5) is 0. The Morgan fingerprint density at radius 1 is 1.25 bits per heavy atom. The lowest BCUT2D eigenvalue weighted by Gasteiger charge is -2.47. The van der Waals surface area contributed by atoms with Crippen LogP contribution in [0.1, 0.15) is 23.6 Å². The molecule has 24 heavy (non-hydrogen) atoms. The van der Waals surface area contributed by atoms with Crippen LogP contribution in [0.25, 0.3) is 0 Å². The number of morpholine rings is 1. The Morgan fingerprint density at radius 2 is 2.04 bits per heavy atom. The molecule has 0 aliphatic carbocycles. The zero-order valence-corrected chi connectivity index (χ0v) is 14.2. The van der Waals surface area contributed by atoms with Crippen molar-refractivity contribution < 1.29 is 14.2 Å². The fraction of sp³-hybridized carbons (Fsp3) is 0.400. The van der Waals surface area contributed by atoms with Gasteiger partial charge >= 0.3 is 0 Å². The van der Waals surface area contributed by atoms with Crippen molar-refractivity contribution in [1.82, 2.24) is 5.32 Å². The lowest BCUT2D eigenvalue weighted by molar-refractivity contribution is -0.190. The molecule has 2 aromatic rings. The first kappa shape index (κ1) is 17.1. The molecule has 0 radical (unpaired) electrons. The lowest BCUT2D eigenvalue weighted by Crippen LogP contribution is -2.61. The van der Waals surface area contributed by atoms with Crippen molar-refractivity contribution in [1.29, 1.82) is 0 Å². The first-order chi connectivity index (χ1) is 11.4. The Kier molecular flexibility index (Phi) is 4.72. The second-order valence-electron chi connectivity index (χ2n) is 6.73. The smallest absolute Gasteiger partial charge is 0.124 e. The van der Waals surface area contributed by atoms with Gasteiger partial charge in [-0.05, 0) is 42.7 Å². The molecule has 1 heterocycles. The van der Waals surface area contributed by atoms with Gasteiger partial charge in [-0.2, -0.15) is 0 Å². The number of hydrogen-bond acceptors (Lipinski definition) is 3. The van der Waals surface area contributed by atoms with Gasteiger partial charge in [0, 0.05) is 19.5 Å². The van der Waals surface area contributed by atoms with E-state index in [4.69, 9.17) is 4.74 Å². The summed E-state index contributed by atoms with van der Waals surface area (Å²) in [5, 5.41) is 15.0. The van der Waals surface area contributed by atoms with E-state index in [-0.39, 0.29) is 5.82 Å². The van der Waals surface area contributed by atoms with Crippen molar-refractivity contribution in [3.05, 3.63) is 71.0 Å². The summed E-state index contributed by atoms with van der Waals surface area (Å²) in [5.74, 6) is -0.358. The maximum atomic E-state index is 13.8. The summed E-state index contributed by atoms with van der Waals surface area (Å²) >= 11 is 0. The number of nitrogens with one attached hydrogen (secondary N) is 1. The van der Waals surface area contributed by atoms with Crippen LogP contribution in [0.5, 0.6) is 0 Å². The minimum Gasteiger partial charge on any atom is -0.382 e. The molecule has 4 heteroatoms. The van der Waals surface area contributed by atoms with Gasteiger partial charge in [0.05, 0.1) is 6.61 Å². The average Bonchev–Trinajstić information content (AvgIpc) is 2.57. The van der Waals surface area contributed by atoms with Gasteiger partial charge in [0.1, 0.15) is 17.0 Å².